The summed E-state index contributed by atoms with van der Waals surface area (Å²) in [4.78, 5) is 2.49. The van der Waals surface area contributed by atoms with Gasteiger partial charge in [0.25, 0.3) is 0 Å². The summed E-state index contributed by atoms with van der Waals surface area (Å²) in [5, 5.41) is 12.5. The van der Waals surface area contributed by atoms with Gasteiger partial charge in [-0.15, -0.1) is 0 Å². The van der Waals surface area contributed by atoms with Gasteiger partial charge >= 0.3 is 0 Å². The number of rotatable bonds is 5. The van der Waals surface area contributed by atoms with E-state index in [1.54, 1.807) is 0 Å². The van der Waals surface area contributed by atoms with E-state index in [1.165, 1.54) is 25.9 Å². The van der Waals surface area contributed by atoms with Gasteiger partial charge in [-0.2, -0.15) is 5.26 Å². The van der Waals surface area contributed by atoms with E-state index in [1.807, 2.05) is 6.92 Å². The predicted octanol–water partition coefficient (Wildman–Crippen LogP) is 1.75. The second kappa shape index (κ2) is 5.48. The Morgan fingerprint density at radius 2 is 2.07 bits per heavy atom. The van der Waals surface area contributed by atoms with E-state index in [4.69, 9.17) is 0 Å². The number of likely N-dealkylation sites (tertiary alicyclic amines) is 1. The Morgan fingerprint density at radius 3 is 2.53 bits per heavy atom. The van der Waals surface area contributed by atoms with Crippen molar-refractivity contribution in [1.82, 2.24) is 10.2 Å². The predicted molar refractivity (Wildman–Crippen MR) is 62.6 cm³/mol. The van der Waals surface area contributed by atoms with E-state index < -0.39 is 0 Å². The summed E-state index contributed by atoms with van der Waals surface area (Å²) in [7, 11) is 0. The minimum atomic E-state index is -0.364. The molecule has 3 nitrogen and oxygen atoms in total. The molecule has 1 aliphatic heterocycles. The van der Waals surface area contributed by atoms with Crippen molar-refractivity contribution in [2.24, 2.45) is 0 Å². The maximum Gasteiger partial charge on any atom is 0.105 e. The van der Waals surface area contributed by atoms with Crippen LogP contribution in [-0.2, 0) is 0 Å². The van der Waals surface area contributed by atoms with Crippen molar-refractivity contribution in [1.29, 1.82) is 5.26 Å². The molecule has 1 aliphatic rings. The van der Waals surface area contributed by atoms with Gasteiger partial charge in [0.15, 0.2) is 0 Å². The molecule has 0 aliphatic carbocycles. The van der Waals surface area contributed by atoms with Gasteiger partial charge in [0.2, 0.25) is 0 Å². The maximum atomic E-state index is 9.18. The molecule has 0 spiro atoms. The molecule has 0 aromatic heterocycles. The standard InChI is InChI=1S/C12H23N3/c1-4-14-12(3,10-13)9-11(2)15-7-5-6-8-15/h11,14H,4-9H2,1-3H3. The molecule has 15 heavy (non-hydrogen) atoms. The molecule has 0 saturated carbocycles. The third kappa shape index (κ3) is 3.48. The molecule has 1 saturated heterocycles. The first-order chi connectivity index (χ1) is 7.11. The SMILES string of the molecule is CCNC(C)(C#N)CC(C)N1CCCC1. The lowest BCUT2D eigenvalue weighted by atomic mass is 9.94. The lowest BCUT2D eigenvalue weighted by Crippen LogP contribution is -2.46. The number of nitrogens with zero attached hydrogens (tertiary/aromatic N) is 2. The zero-order valence-electron chi connectivity index (χ0n) is 10.2. The lowest BCUT2D eigenvalue weighted by molar-refractivity contribution is 0.214. The summed E-state index contributed by atoms with van der Waals surface area (Å²) in [6, 6.07) is 2.91. The molecule has 2 unspecified atom stereocenters. The van der Waals surface area contributed by atoms with Crippen LogP contribution in [0.1, 0.15) is 40.0 Å². The van der Waals surface area contributed by atoms with Crippen LogP contribution in [0.4, 0.5) is 0 Å². The Morgan fingerprint density at radius 1 is 1.47 bits per heavy atom. The van der Waals surface area contributed by atoms with E-state index in [-0.39, 0.29) is 5.54 Å². The molecule has 1 N–H and O–H groups in total. The summed E-state index contributed by atoms with van der Waals surface area (Å²) in [6.45, 7) is 9.55. The normalized spacial score (nSPS) is 23.3. The number of hydrogen-bond acceptors (Lipinski definition) is 3. The van der Waals surface area contributed by atoms with Gasteiger partial charge < -0.3 is 4.90 Å². The molecule has 1 rings (SSSR count). The van der Waals surface area contributed by atoms with Crippen molar-refractivity contribution in [3.63, 3.8) is 0 Å². The van der Waals surface area contributed by atoms with E-state index in [2.05, 4.69) is 30.1 Å². The van der Waals surface area contributed by atoms with Gasteiger partial charge in [-0.1, -0.05) is 6.92 Å². The molecule has 0 bridgehead atoms. The summed E-state index contributed by atoms with van der Waals surface area (Å²) in [6.07, 6.45) is 3.54. The summed E-state index contributed by atoms with van der Waals surface area (Å²) in [5.74, 6) is 0. The molecule has 3 heteroatoms. The Labute approximate surface area is 93.5 Å². The summed E-state index contributed by atoms with van der Waals surface area (Å²) >= 11 is 0. The van der Waals surface area contributed by atoms with Crippen LogP contribution < -0.4 is 5.32 Å². The van der Waals surface area contributed by atoms with Gasteiger partial charge in [-0.3, -0.25) is 5.32 Å². The molecule has 0 aromatic rings. The molecule has 0 radical (unpaired) electrons. The number of hydrogen-bond donors (Lipinski definition) is 1. The first-order valence-corrected chi connectivity index (χ1v) is 6.01. The molecule has 0 aromatic carbocycles. The topological polar surface area (TPSA) is 39.1 Å². The van der Waals surface area contributed by atoms with Gasteiger partial charge in [-0.05, 0) is 52.7 Å². The molecular weight excluding hydrogens is 186 g/mol. The smallest absolute Gasteiger partial charge is 0.105 e. The van der Waals surface area contributed by atoms with Crippen LogP contribution in [-0.4, -0.2) is 36.1 Å². The monoisotopic (exact) mass is 209 g/mol. The second-order valence-electron chi connectivity index (χ2n) is 4.77. The molecule has 1 heterocycles. The first-order valence-electron chi connectivity index (χ1n) is 6.01. The molecule has 0 amide bonds. The van der Waals surface area contributed by atoms with Crippen molar-refractivity contribution >= 4 is 0 Å². The highest BCUT2D eigenvalue weighted by Crippen LogP contribution is 2.19. The highest BCUT2D eigenvalue weighted by atomic mass is 15.2. The zero-order valence-corrected chi connectivity index (χ0v) is 10.2. The Kier molecular flexibility index (Phi) is 4.56. The van der Waals surface area contributed by atoms with Crippen molar-refractivity contribution < 1.29 is 0 Å². The number of nitriles is 1. The van der Waals surface area contributed by atoms with Crippen LogP contribution >= 0.6 is 0 Å². The van der Waals surface area contributed by atoms with Crippen molar-refractivity contribution in [3.8, 4) is 6.07 Å². The molecular formula is C12H23N3. The van der Waals surface area contributed by atoms with E-state index in [0.717, 1.165) is 13.0 Å². The average molecular weight is 209 g/mol. The minimum absolute atomic E-state index is 0.364. The fourth-order valence-corrected chi connectivity index (χ4v) is 2.45. The second-order valence-corrected chi connectivity index (χ2v) is 4.77. The quantitative estimate of drug-likeness (QED) is 0.750. The minimum Gasteiger partial charge on any atom is -0.301 e. The first kappa shape index (κ1) is 12.5. The van der Waals surface area contributed by atoms with Crippen LogP contribution in [0.25, 0.3) is 0 Å². The van der Waals surface area contributed by atoms with Crippen LogP contribution in [0.15, 0.2) is 0 Å². The van der Waals surface area contributed by atoms with Crippen LogP contribution in [0, 0.1) is 11.3 Å². The molecule has 86 valence electrons. The highest BCUT2D eigenvalue weighted by molar-refractivity contribution is 5.05. The zero-order chi connectivity index (χ0) is 11.3. The van der Waals surface area contributed by atoms with Gasteiger partial charge in [0.1, 0.15) is 5.54 Å². The van der Waals surface area contributed by atoms with Crippen LogP contribution in [0.5, 0.6) is 0 Å². The van der Waals surface area contributed by atoms with E-state index >= 15 is 0 Å². The highest BCUT2D eigenvalue weighted by Gasteiger charge is 2.28. The van der Waals surface area contributed by atoms with E-state index in [0.29, 0.717) is 6.04 Å². The van der Waals surface area contributed by atoms with Crippen molar-refractivity contribution in [2.45, 2.75) is 51.6 Å². The Hall–Kier alpha value is -0.590. The Balaban J connectivity index is 2.47. The van der Waals surface area contributed by atoms with Crippen molar-refractivity contribution in [2.75, 3.05) is 19.6 Å². The van der Waals surface area contributed by atoms with Gasteiger partial charge in [-0.25, -0.2) is 0 Å². The summed E-state index contributed by atoms with van der Waals surface area (Å²) < 4.78 is 0. The van der Waals surface area contributed by atoms with E-state index in [9.17, 15) is 5.26 Å². The van der Waals surface area contributed by atoms with Crippen LogP contribution in [0.2, 0.25) is 0 Å². The third-order valence-corrected chi connectivity index (χ3v) is 3.28. The van der Waals surface area contributed by atoms with Gasteiger partial charge in [0.05, 0.1) is 6.07 Å². The summed E-state index contributed by atoms with van der Waals surface area (Å²) in [5.41, 5.74) is -0.364. The van der Waals surface area contributed by atoms with Crippen molar-refractivity contribution in [3.05, 3.63) is 0 Å². The lowest BCUT2D eigenvalue weighted by Gasteiger charge is -2.31. The number of nitrogens with one attached hydrogen (secondary N) is 1. The average Bonchev–Trinajstić information content (AvgIpc) is 2.71. The molecule has 2 atom stereocenters. The fraction of sp³-hybridized carbons (Fsp3) is 0.917. The maximum absolute atomic E-state index is 9.18. The fourth-order valence-electron chi connectivity index (χ4n) is 2.45. The third-order valence-electron chi connectivity index (χ3n) is 3.28. The Bertz CT molecular complexity index is 228. The van der Waals surface area contributed by atoms with Crippen LogP contribution in [0.3, 0.4) is 0 Å². The molecule has 1 fully saturated rings. The van der Waals surface area contributed by atoms with Gasteiger partial charge in [0, 0.05) is 6.04 Å². The largest absolute Gasteiger partial charge is 0.301 e.